The fraction of sp³-hybridized carbons (Fsp3) is 0.462. The number of hydrogen-bond donors (Lipinski definition) is 1. The largest absolute Gasteiger partial charge is 0.492 e. The van der Waals surface area contributed by atoms with E-state index < -0.39 is 0 Å². The molecular formula is C26H33N3O2. The van der Waals surface area contributed by atoms with Gasteiger partial charge in [-0.05, 0) is 61.9 Å². The summed E-state index contributed by atoms with van der Waals surface area (Å²) in [5.41, 5.74) is 3.53. The van der Waals surface area contributed by atoms with E-state index in [1.807, 2.05) is 18.2 Å². The maximum Gasteiger partial charge on any atom is 0.223 e. The minimum atomic E-state index is 0.242. The number of nitrogens with zero attached hydrogens (tertiary/aromatic N) is 2. The van der Waals surface area contributed by atoms with Gasteiger partial charge in [0.15, 0.2) is 0 Å². The van der Waals surface area contributed by atoms with Crippen molar-refractivity contribution in [3.05, 3.63) is 59.9 Å². The van der Waals surface area contributed by atoms with Crippen molar-refractivity contribution in [1.29, 1.82) is 0 Å². The lowest BCUT2D eigenvalue weighted by Gasteiger charge is -2.11. The third kappa shape index (κ3) is 5.87. The molecule has 5 heteroatoms. The van der Waals surface area contributed by atoms with Crippen LogP contribution in [0.4, 0.5) is 0 Å². The van der Waals surface area contributed by atoms with Crippen LogP contribution in [0.1, 0.15) is 50.4 Å². The number of aromatic nitrogens is 2. The molecule has 0 spiro atoms. The third-order valence-corrected chi connectivity index (χ3v) is 5.97. The van der Waals surface area contributed by atoms with Crippen molar-refractivity contribution in [1.82, 2.24) is 14.9 Å². The van der Waals surface area contributed by atoms with Crippen LogP contribution in [0, 0.1) is 5.92 Å². The summed E-state index contributed by atoms with van der Waals surface area (Å²) >= 11 is 0. The number of aryl methyl sites for hydroxylation is 2. The summed E-state index contributed by atoms with van der Waals surface area (Å²) < 4.78 is 8.29. The van der Waals surface area contributed by atoms with Crippen molar-refractivity contribution in [3.8, 4) is 5.75 Å². The summed E-state index contributed by atoms with van der Waals surface area (Å²) in [6, 6.07) is 16.7. The van der Waals surface area contributed by atoms with E-state index in [-0.39, 0.29) is 5.91 Å². The Kier molecular flexibility index (Phi) is 7.23. The van der Waals surface area contributed by atoms with E-state index >= 15 is 0 Å². The molecule has 1 N–H and O–H groups in total. The number of unbranched alkanes of at least 4 members (excludes halogenated alkanes) is 2. The standard InChI is InChI=1S/C26H33N3O2/c1-2-20-11-15-22(16-12-20)31-19-18-29-24-9-6-5-8-23(24)28-25(29)10-4-3-7-17-27-26(30)21-13-14-21/h5-6,8-9,11-12,15-16,21H,2-4,7,10,13-14,17-19H2,1H3,(H,27,30). The summed E-state index contributed by atoms with van der Waals surface area (Å²) in [6.07, 6.45) is 7.30. The maximum absolute atomic E-state index is 11.7. The number of carbonyl (C=O) groups excluding carboxylic acids is 1. The highest BCUT2D eigenvalue weighted by atomic mass is 16.5. The van der Waals surface area contributed by atoms with Crippen LogP contribution in [-0.2, 0) is 24.2 Å². The van der Waals surface area contributed by atoms with E-state index in [1.165, 1.54) is 11.1 Å². The van der Waals surface area contributed by atoms with Crippen LogP contribution in [0.15, 0.2) is 48.5 Å². The maximum atomic E-state index is 11.7. The smallest absolute Gasteiger partial charge is 0.223 e. The summed E-state index contributed by atoms with van der Waals surface area (Å²) in [7, 11) is 0. The summed E-state index contributed by atoms with van der Waals surface area (Å²) in [5.74, 6) is 2.57. The fourth-order valence-electron chi connectivity index (χ4n) is 3.93. The van der Waals surface area contributed by atoms with Crippen LogP contribution >= 0.6 is 0 Å². The minimum absolute atomic E-state index is 0.242. The Bertz CT molecular complexity index is 990. The lowest BCUT2D eigenvalue weighted by molar-refractivity contribution is -0.122. The van der Waals surface area contributed by atoms with Gasteiger partial charge in [0.05, 0.1) is 17.6 Å². The lowest BCUT2D eigenvalue weighted by Crippen LogP contribution is -2.25. The molecule has 31 heavy (non-hydrogen) atoms. The van der Waals surface area contributed by atoms with Crippen molar-refractivity contribution >= 4 is 16.9 Å². The first-order chi connectivity index (χ1) is 15.2. The van der Waals surface area contributed by atoms with E-state index in [1.54, 1.807) is 0 Å². The van der Waals surface area contributed by atoms with Crippen LogP contribution < -0.4 is 10.1 Å². The zero-order valence-corrected chi connectivity index (χ0v) is 18.5. The van der Waals surface area contributed by atoms with E-state index in [2.05, 4.69) is 47.1 Å². The predicted molar refractivity (Wildman–Crippen MR) is 124 cm³/mol. The van der Waals surface area contributed by atoms with Crippen molar-refractivity contribution < 1.29 is 9.53 Å². The molecule has 1 aromatic heterocycles. The first kappa shape index (κ1) is 21.4. The number of nitrogens with one attached hydrogen (secondary N) is 1. The Morgan fingerprint density at radius 2 is 1.90 bits per heavy atom. The highest BCUT2D eigenvalue weighted by Gasteiger charge is 2.28. The molecule has 1 saturated carbocycles. The summed E-state index contributed by atoms with van der Waals surface area (Å²) in [5, 5.41) is 3.05. The van der Waals surface area contributed by atoms with E-state index in [4.69, 9.17) is 9.72 Å². The number of carbonyl (C=O) groups is 1. The van der Waals surface area contributed by atoms with Crippen molar-refractivity contribution in [2.24, 2.45) is 5.92 Å². The molecule has 0 atom stereocenters. The number of amides is 1. The average molecular weight is 420 g/mol. The number of hydrogen-bond acceptors (Lipinski definition) is 3. The van der Waals surface area contributed by atoms with Crippen molar-refractivity contribution in [2.75, 3.05) is 13.2 Å². The lowest BCUT2D eigenvalue weighted by atomic mass is 10.2. The molecule has 1 heterocycles. The summed E-state index contributed by atoms with van der Waals surface area (Å²) in [6.45, 7) is 4.34. The quantitative estimate of drug-likeness (QED) is 0.424. The molecule has 1 aliphatic rings. The van der Waals surface area contributed by atoms with Crippen LogP contribution in [0.5, 0.6) is 5.75 Å². The molecule has 4 rings (SSSR count). The van der Waals surface area contributed by atoms with Gasteiger partial charge in [0, 0.05) is 18.9 Å². The number of imidazole rings is 1. The first-order valence-corrected chi connectivity index (χ1v) is 11.7. The molecule has 164 valence electrons. The Morgan fingerprint density at radius 3 is 2.68 bits per heavy atom. The van der Waals surface area contributed by atoms with Gasteiger partial charge < -0.3 is 14.6 Å². The molecule has 0 unspecified atom stereocenters. The minimum Gasteiger partial charge on any atom is -0.492 e. The molecule has 0 bridgehead atoms. The summed E-state index contributed by atoms with van der Waals surface area (Å²) in [4.78, 5) is 16.6. The first-order valence-electron chi connectivity index (χ1n) is 11.7. The average Bonchev–Trinajstić information content (AvgIpc) is 3.60. The molecular weight excluding hydrogens is 386 g/mol. The molecule has 0 radical (unpaired) electrons. The second-order valence-corrected chi connectivity index (χ2v) is 8.39. The number of benzene rings is 2. The molecule has 3 aromatic rings. The SMILES string of the molecule is CCc1ccc(OCCn2c(CCCCCNC(=O)C3CC3)nc3ccccc32)cc1. The highest BCUT2D eigenvalue weighted by molar-refractivity contribution is 5.80. The van der Waals surface area contributed by atoms with Gasteiger partial charge in [0.2, 0.25) is 5.91 Å². The number of rotatable bonds is 12. The Hall–Kier alpha value is -2.82. The molecule has 1 aliphatic carbocycles. The van der Waals surface area contributed by atoms with Gasteiger partial charge in [-0.15, -0.1) is 0 Å². The van der Waals surface area contributed by atoms with Gasteiger partial charge in [0.1, 0.15) is 18.2 Å². The number of fused-ring (bicyclic) bond motifs is 1. The van der Waals surface area contributed by atoms with Crippen molar-refractivity contribution in [3.63, 3.8) is 0 Å². The van der Waals surface area contributed by atoms with E-state index in [0.29, 0.717) is 12.5 Å². The molecule has 0 aliphatic heterocycles. The van der Waals surface area contributed by atoms with Crippen LogP contribution in [0.3, 0.4) is 0 Å². The number of para-hydroxylation sites is 2. The van der Waals surface area contributed by atoms with Gasteiger partial charge in [0.25, 0.3) is 0 Å². The normalized spacial score (nSPS) is 13.5. The second-order valence-electron chi connectivity index (χ2n) is 8.39. The molecule has 2 aromatic carbocycles. The highest BCUT2D eigenvalue weighted by Crippen LogP contribution is 2.28. The van der Waals surface area contributed by atoms with Crippen LogP contribution in [-0.4, -0.2) is 28.6 Å². The van der Waals surface area contributed by atoms with Crippen LogP contribution in [0.2, 0.25) is 0 Å². The van der Waals surface area contributed by atoms with Gasteiger partial charge in [-0.2, -0.15) is 0 Å². The number of ether oxygens (including phenoxy) is 1. The van der Waals surface area contributed by atoms with Gasteiger partial charge in [-0.3, -0.25) is 4.79 Å². The predicted octanol–water partition coefficient (Wildman–Crippen LogP) is 4.92. The Balaban J connectivity index is 1.29. The molecule has 5 nitrogen and oxygen atoms in total. The second kappa shape index (κ2) is 10.5. The van der Waals surface area contributed by atoms with Gasteiger partial charge in [-0.1, -0.05) is 37.6 Å². The fourth-order valence-corrected chi connectivity index (χ4v) is 3.93. The van der Waals surface area contributed by atoms with Crippen molar-refractivity contribution in [2.45, 2.75) is 58.4 Å². The molecule has 0 saturated heterocycles. The van der Waals surface area contributed by atoms with E-state index in [9.17, 15) is 4.79 Å². The third-order valence-electron chi connectivity index (χ3n) is 5.97. The topological polar surface area (TPSA) is 56.1 Å². The Labute approximate surface area is 184 Å². The monoisotopic (exact) mass is 419 g/mol. The molecule has 1 fully saturated rings. The van der Waals surface area contributed by atoms with E-state index in [0.717, 1.165) is 75.1 Å². The van der Waals surface area contributed by atoms with Gasteiger partial charge in [-0.25, -0.2) is 4.98 Å². The van der Waals surface area contributed by atoms with Crippen LogP contribution in [0.25, 0.3) is 11.0 Å². The Morgan fingerprint density at radius 1 is 1.10 bits per heavy atom. The molecule has 1 amide bonds. The van der Waals surface area contributed by atoms with Gasteiger partial charge >= 0.3 is 0 Å². The zero-order valence-electron chi connectivity index (χ0n) is 18.5. The zero-order chi connectivity index (χ0) is 21.5.